The van der Waals surface area contributed by atoms with Crippen LogP contribution in [0.15, 0.2) is 11.4 Å². The Morgan fingerprint density at radius 3 is 1.70 bits per heavy atom. The molecule has 4 nitrogen and oxygen atoms in total. The van der Waals surface area contributed by atoms with Crippen molar-refractivity contribution < 1.29 is 4.79 Å². The lowest BCUT2D eigenvalue weighted by atomic mass is 10.3. The minimum atomic E-state index is -0.495. The molecule has 4 N–H and O–H groups in total. The van der Waals surface area contributed by atoms with Crippen LogP contribution in [0.3, 0.4) is 0 Å². The normalized spacial score (nSPS) is 12.3. The van der Waals surface area contributed by atoms with Crippen molar-refractivity contribution >= 4 is 5.91 Å². The summed E-state index contributed by atoms with van der Waals surface area (Å²) in [4.78, 5) is 12.2. The van der Waals surface area contributed by atoms with Gasteiger partial charge in [-0.2, -0.15) is 0 Å². The smallest absolute Gasteiger partial charge is 0.266 e. The van der Waals surface area contributed by atoms with Gasteiger partial charge >= 0.3 is 0 Å². The van der Waals surface area contributed by atoms with E-state index in [1.165, 1.54) is 0 Å². The zero-order chi connectivity index (χ0) is 8.31. The molecule has 1 amide bonds. The van der Waals surface area contributed by atoms with E-state index < -0.39 is 5.91 Å². The average Bonchev–Trinajstić information content (AvgIpc) is 1.59. The number of amides is 1. The number of rotatable bonds is 2. The molecular weight excluding hydrogens is 130 g/mol. The molecule has 0 spiro atoms. The fraction of sp³-hybridized carbons (Fsp3) is 0.500. The average molecular weight is 143 g/mol. The van der Waals surface area contributed by atoms with Crippen LogP contribution in [0.25, 0.3) is 0 Å². The van der Waals surface area contributed by atoms with Gasteiger partial charge in [0.2, 0.25) is 0 Å². The van der Waals surface area contributed by atoms with Gasteiger partial charge in [-0.3, -0.25) is 4.79 Å². The fourth-order valence-corrected chi connectivity index (χ4v) is 0.767. The van der Waals surface area contributed by atoms with Crippen LogP contribution >= 0.6 is 0 Å². The van der Waals surface area contributed by atoms with Crippen molar-refractivity contribution in [3.05, 3.63) is 11.4 Å². The molecule has 0 atom stereocenters. The Morgan fingerprint density at radius 2 is 1.70 bits per heavy atom. The molecule has 0 heterocycles. The van der Waals surface area contributed by atoms with Crippen molar-refractivity contribution in [2.45, 2.75) is 6.92 Å². The van der Waals surface area contributed by atoms with Gasteiger partial charge in [0.25, 0.3) is 5.91 Å². The second-order valence-corrected chi connectivity index (χ2v) is 2.29. The van der Waals surface area contributed by atoms with Crippen LogP contribution in [0.2, 0.25) is 0 Å². The van der Waals surface area contributed by atoms with E-state index >= 15 is 0 Å². The highest BCUT2D eigenvalue weighted by molar-refractivity contribution is 5.91. The minimum Gasteiger partial charge on any atom is -0.400 e. The second kappa shape index (κ2) is 3.10. The lowest BCUT2D eigenvalue weighted by molar-refractivity contribution is -0.115. The van der Waals surface area contributed by atoms with E-state index in [1.807, 2.05) is 0 Å². The first kappa shape index (κ1) is 8.81. The van der Waals surface area contributed by atoms with Crippen LogP contribution in [-0.4, -0.2) is 24.9 Å². The summed E-state index contributed by atoms with van der Waals surface area (Å²) < 4.78 is 0. The van der Waals surface area contributed by atoms with Crippen LogP contribution in [0.4, 0.5) is 0 Å². The largest absolute Gasteiger partial charge is 0.400 e. The van der Waals surface area contributed by atoms with Gasteiger partial charge in [-0.15, -0.1) is 0 Å². The number of nitrogens with zero attached hydrogens (tertiary/aromatic N) is 1. The number of nitrogens with two attached hydrogens (primary N) is 2. The van der Waals surface area contributed by atoms with Crippen molar-refractivity contribution in [2.24, 2.45) is 11.5 Å². The molecule has 4 heteroatoms. The van der Waals surface area contributed by atoms with E-state index in [0.717, 1.165) is 0 Å². The van der Waals surface area contributed by atoms with Crippen molar-refractivity contribution in [2.75, 3.05) is 14.1 Å². The van der Waals surface area contributed by atoms with Gasteiger partial charge in [0, 0.05) is 19.8 Å². The maximum atomic E-state index is 10.6. The molecule has 0 aliphatic heterocycles. The maximum absolute atomic E-state index is 10.6. The molecule has 58 valence electrons. The first-order chi connectivity index (χ1) is 4.46. The lowest BCUT2D eigenvalue weighted by Crippen LogP contribution is -2.28. The summed E-state index contributed by atoms with van der Waals surface area (Å²) in [5.74, 6) is -0.495. The Bertz CT molecular complexity index is 168. The van der Waals surface area contributed by atoms with Gasteiger partial charge < -0.3 is 16.4 Å². The van der Waals surface area contributed by atoms with Crippen LogP contribution in [0, 0.1) is 0 Å². The van der Waals surface area contributed by atoms with Crippen LogP contribution < -0.4 is 11.5 Å². The van der Waals surface area contributed by atoms with E-state index in [1.54, 1.807) is 25.9 Å². The summed E-state index contributed by atoms with van der Waals surface area (Å²) in [5, 5.41) is 0. The van der Waals surface area contributed by atoms with Crippen molar-refractivity contribution in [1.82, 2.24) is 4.90 Å². The monoisotopic (exact) mass is 143 g/mol. The fourth-order valence-electron chi connectivity index (χ4n) is 0.767. The lowest BCUT2D eigenvalue weighted by Gasteiger charge is -2.14. The predicted molar refractivity (Wildman–Crippen MR) is 39.8 cm³/mol. The van der Waals surface area contributed by atoms with Gasteiger partial charge in [0.05, 0.1) is 0 Å². The van der Waals surface area contributed by atoms with E-state index in [9.17, 15) is 4.79 Å². The standard InChI is InChI=1S/C6H13N3O/c1-4(7)5(6(8)10)9(2)3/h7H2,1-3H3,(H2,8,10)/b5-4+. The molecule has 0 saturated heterocycles. The summed E-state index contributed by atoms with van der Waals surface area (Å²) in [5.41, 5.74) is 11.2. The minimum absolute atomic E-state index is 0.361. The highest BCUT2D eigenvalue weighted by Crippen LogP contribution is 1.99. The molecule has 0 rings (SSSR count). The highest BCUT2D eigenvalue weighted by Gasteiger charge is 2.08. The molecule has 0 fully saturated rings. The number of allylic oxidation sites excluding steroid dienone is 1. The molecule has 0 unspecified atom stereocenters. The molecule has 0 aromatic heterocycles. The van der Waals surface area contributed by atoms with Gasteiger partial charge in [0.15, 0.2) is 0 Å². The quantitative estimate of drug-likeness (QED) is 0.498. The zero-order valence-electron chi connectivity index (χ0n) is 6.51. The van der Waals surface area contributed by atoms with Gasteiger partial charge in [0.1, 0.15) is 5.70 Å². The number of hydrogen-bond donors (Lipinski definition) is 2. The summed E-state index contributed by atoms with van der Waals surface area (Å²) in [6.07, 6.45) is 0. The molecular formula is C6H13N3O. The number of carbonyl (C=O) groups is 1. The molecule has 0 radical (unpaired) electrons. The Labute approximate surface area is 60.5 Å². The Hall–Kier alpha value is -1.19. The zero-order valence-corrected chi connectivity index (χ0v) is 6.51. The number of primary amides is 1. The van der Waals surface area contributed by atoms with Gasteiger partial charge in [-0.1, -0.05) is 0 Å². The molecule has 0 aromatic carbocycles. The summed E-state index contributed by atoms with van der Waals surface area (Å²) in [7, 11) is 3.44. The summed E-state index contributed by atoms with van der Waals surface area (Å²) >= 11 is 0. The van der Waals surface area contributed by atoms with Gasteiger partial charge in [-0.25, -0.2) is 0 Å². The molecule has 0 aliphatic rings. The Morgan fingerprint density at radius 1 is 1.30 bits per heavy atom. The maximum Gasteiger partial charge on any atom is 0.266 e. The third-order valence-electron chi connectivity index (χ3n) is 1.05. The molecule has 0 bridgehead atoms. The van der Waals surface area contributed by atoms with Crippen LogP contribution in [0.5, 0.6) is 0 Å². The van der Waals surface area contributed by atoms with Crippen molar-refractivity contribution in [1.29, 1.82) is 0 Å². The van der Waals surface area contributed by atoms with Crippen LogP contribution in [-0.2, 0) is 4.79 Å². The first-order valence-electron chi connectivity index (χ1n) is 2.90. The third kappa shape index (κ3) is 1.97. The molecule has 0 aliphatic carbocycles. The van der Waals surface area contributed by atoms with Crippen molar-refractivity contribution in [3.63, 3.8) is 0 Å². The topological polar surface area (TPSA) is 72.3 Å². The predicted octanol–water partition coefficient (Wildman–Crippen LogP) is -0.776. The summed E-state index contributed by atoms with van der Waals surface area (Å²) in [6, 6.07) is 0. The molecule has 0 saturated carbocycles. The van der Waals surface area contributed by atoms with Gasteiger partial charge in [-0.05, 0) is 6.92 Å². The SMILES string of the molecule is C/C(N)=C(/C(N)=O)N(C)C. The van der Waals surface area contributed by atoms with E-state index in [4.69, 9.17) is 11.5 Å². The highest BCUT2D eigenvalue weighted by atomic mass is 16.1. The number of carbonyl (C=O) groups excluding carboxylic acids is 1. The first-order valence-corrected chi connectivity index (χ1v) is 2.90. The van der Waals surface area contributed by atoms with Crippen molar-refractivity contribution in [3.8, 4) is 0 Å². The third-order valence-corrected chi connectivity index (χ3v) is 1.05. The van der Waals surface area contributed by atoms with E-state index in [-0.39, 0.29) is 0 Å². The molecule has 0 aromatic rings. The number of likely N-dealkylation sites (N-methyl/N-ethyl adjacent to an activating group) is 1. The summed E-state index contributed by atoms with van der Waals surface area (Å²) in [6.45, 7) is 1.64. The van der Waals surface area contributed by atoms with E-state index in [2.05, 4.69) is 0 Å². The Balaban J connectivity index is 4.61. The number of hydrogen-bond acceptors (Lipinski definition) is 3. The second-order valence-electron chi connectivity index (χ2n) is 2.29. The molecule has 10 heavy (non-hydrogen) atoms. The van der Waals surface area contributed by atoms with E-state index in [0.29, 0.717) is 11.4 Å². The van der Waals surface area contributed by atoms with Crippen LogP contribution in [0.1, 0.15) is 6.92 Å². The Kier molecular flexibility index (Phi) is 2.73.